The summed E-state index contributed by atoms with van der Waals surface area (Å²) in [6.45, 7) is 4.58. The van der Waals surface area contributed by atoms with Crippen LogP contribution in [0.3, 0.4) is 0 Å². The van der Waals surface area contributed by atoms with Crippen LogP contribution in [0.5, 0.6) is 0 Å². The Balaban J connectivity index is 2.19. The molecule has 1 saturated carbocycles. The van der Waals surface area contributed by atoms with Crippen LogP contribution in [0.25, 0.3) is 0 Å². The Hall–Kier alpha value is 0.310. The van der Waals surface area contributed by atoms with Crippen molar-refractivity contribution in [2.45, 2.75) is 49.7 Å². The summed E-state index contributed by atoms with van der Waals surface area (Å²) in [4.78, 5) is 0. The summed E-state index contributed by atoms with van der Waals surface area (Å²) in [6.07, 6.45) is 4.16. The summed E-state index contributed by atoms with van der Waals surface area (Å²) in [7, 11) is 2.08. The minimum Gasteiger partial charge on any atom is -0.317 e. The van der Waals surface area contributed by atoms with Crippen LogP contribution in [0.2, 0.25) is 0 Å². The van der Waals surface area contributed by atoms with Gasteiger partial charge in [0.15, 0.2) is 0 Å². The van der Waals surface area contributed by atoms with Crippen molar-refractivity contribution in [2.75, 3.05) is 7.05 Å². The molecule has 1 rings (SSSR count). The lowest BCUT2D eigenvalue weighted by molar-refractivity contribution is 0.583. The van der Waals surface area contributed by atoms with E-state index in [1.807, 2.05) is 0 Å². The molecule has 0 aromatic heterocycles. The molecule has 0 saturated heterocycles. The molecule has 0 radical (unpaired) electrons. The van der Waals surface area contributed by atoms with Gasteiger partial charge in [0, 0.05) is 11.3 Å². The fourth-order valence-electron chi connectivity index (χ4n) is 1.71. The van der Waals surface area contributed by atoms with E-state index < -0.39 is 0 Å². The topological polar surface area (TPSA) is 12.0 Å². The van der Waals surface area contributed by atoms with Crippen LogP contribution in [0.15, 0.2) is 0 Å². The zero-order valence-corrected chi connectivity index (χ0v) is 8.58. The Morgan fingerprint density at radius 2 is 2.09 bits per heavy atom. The molecule has 2 unspecified atom stereocenters. The number of rotatable bonds is 3. The van der Waals surface area contributed by atoms with Crippen LogP contribution in [0, 0.1) is 0 Å². The van der Waals surface area contributed by atoms with Gasteiger partial charge in [0.1, 0.15) is 0 Å². The Morgan fingerprint density at radius 1 is 1.36 bits per heavy atom. The molecule has 0 aromatic carbocycles. The van der Waals surface area contributed by atoms with Crippen molar-refractivity contribution in [1.82, 2.24) is 5.32 Å². The summed E-state index contributed by atoms with van der Waals surface area (Å²) < 4.78 is 0. The predicted molar refractivity (Wildman–Crippen MR) is 53.2 cm³/mol. The van der Waals surface area contributed by atoms with Crippen LogP contribution >= 0.6 is 11.8 Å². The highest BCUT2D eigenvalue weighted by Gasteiger charge is 2.23. The molecule has 1 aliphatic rings. The van der Waals surface area contributed by atoms with Crippen LogP contribution in [0.4, 0.5) is 0 Å². The van der Waals surface area contributed by atoms with Gasteiger partial charge in [-0.1, -0.05) is 13.8 Å². The Labute approximate surface area is 74.3 Å². The monoisotopic (exact) mass is 173 g/mol. The largest absolute Gasteiger partial charge is 0.317 e. The van der Waals surface area contributed by atoms with Crippen LogP contribution < -0.4 is 5.32 Å². The van der Waals surface area contributed by atoms with Gasteiger partial charge in [-0.15, -0.1) is 0 Å². The highest BCUT2D eigenvalue weighted by Crippen LogP contribution is 2.31. The maximum atomic E-state index is 3.35. The molecule has 11 heavy (non-hydrogen) atoms. The first-order valence-corrected chi connectivity index (χ1v) is 5.49. The maximum absolute atomic E-state index is 3.35. The molecule has 0 heterocycles. The SMILES string of the molecule is CNC1CCC(SC(C)C)C1. The van der Waals surface area contributed by atoms with Gasteiger partial charge in [-0.2, -0.15) is 11.8 Å². The summed E-state index contributed by atoms with van der Waals surface area (Å²) in [5.74, 6) is 0. The van der Waals surface area contributed by atoms with Crippen molar-refractivity contribution in [2.24, 2.45) is 0 Å². The average molecular weight is 173 g/mol. The standard InChI is InChI=1S/C9H19NS/c1-7(2)11-9-5-4-8(6-9)10-3/h7-10H,4-6H2,1-3H3. The predicted octanol–water partition coefficient (Wildman–Crippen LogP) is 2.27. The van der Waals surface area contributed by atoms with Crippen molar-refractivity contribution in [3.8, 4) is 0 Å². The molecule has 0 amide bonds. The van der Waals surface area contributed by atoms with Crippen LogP contribution in [-0.4, -0.2) is 23.6 Å². The van der Waals surface area contributed by atoms with Gasteiger partial charge in [0.2, 0.25) is 0 Å². The molecule has 0 spiro atoms. The van der Waals surface area contributed by atoms with E-state index in [0.29, 0.717) is 0 Å². The fourth-order valence-corrected chi connectivity index (χ4v) is 3.10. The third-order valence-corrected chi connectivity index (χ3v) is 3.61. The molecule has 0 aliphatic heterocycles. The van der Waals surface area contributed by atoms with Gasteiger partial charge in [-0.05, 0) is 31.6 Å². The van der Waals surface area contributed by atoms with E-state index in [1.54, 1.807) is 0 Å². The highest BCUT2D eigenvalue weighted by molar-refractivity contribution is 8.00. The molecule has 1 nitrogen and oxygen atoms in total. The first-order valence-electron chi connectivity index (χ1n) is 4.55. The van der Waals surface area contributed by atoms with Crippen molar-refractivity contribution in [3.05, 3.63) is 0 Å². The van der Waals surface area contributed by atoms with Gasteiger partial charge in [0.25, 0.3) is 0 Å². The highest BCUT2D eigenvalue weighted by atomic mass is 32.2. The van der Waals surface area contributed by atoms with Crippen molar-refractivity contribution < 1.29 is 0 Å². The van der Waals surface area contributed by atoms with E-state index >= 15 is 0 Å². The third-order valence-electron chi connectivity index (χ3n) is 2.26. The van der Waals surface area contributed by atoms with Crippen LogP contribution in [0.1, 0.15) is 33.1 Å². The lowest BCUT2D eigenvalue weighted by atomic mass is 10.3. The Bertz CT molecular complexity index is 114. The van der Waals surface area contributed by atoms with Gasteiger partial charge < -0.3 is 5.32 Å². The molecule has 1 fully saturated rings. The number of thioether (sulfide) groups is 1. The minimum atomic E-state index is 0.797. The number of nitrogens with one attached hydrogen (secondary N) is 1. The summed E-state index contributed by atoms with van der Waals surface area (Å²) in [5, 5.41) is 5.08. The zero-order chi connectivity index (χ0) is 8.27. The van der Waals surface area contributed by atoms with Gasteiger partial charge in [-0.3, -0.25) is 0 Å². The van der Waals surface area contributed by atoms with Crippen molar-refractivity contribution in [1.29, 1.82) is 0 Å². The lowest BCUT2D eigenvalue weighted by Gasteiger charge is -2.12. The normalized spacial score (nSPS) is 31.6. The molecular weight excluding hydrogens is 154 g/mol. The second-order valence-electron chi connectivity index (χ2n) is 3.61. The van der Waals surface area contributed by atoms with Crippen LogP contribution in [-0.2, 0) is 0 Å². The third kappa shape index (κ3) is 3.04. The summed E-state index contributed by atoms with van der Waals surface area (Å²) >= 11 is 2.14. The summed E-state index contributed by atoms with van der Waals surface area (Å²) in [5.41, 5.74) is 0. The molecule has 0 aromatic rings. The summed E-state index contributed by atoms with van der Waals surface area (Å²) in [6, 6.07) is 0.797. The van der Waals surface area contributed by atoms with E-state index in [9.17, 15) is 0 Å². The molecule has 1 aliphatic carbocycles. The van der Waals surface area contributed by atoms with E-state index in [0.717, 1.165) is 16.5 Å². The van der Waals surface area contributed by atoms with Gasteiger partial charge in [-0.25, -0.2) is 0 Å². The fraction of sp³-hybridized carbons (Fsp3) is 1.00. The van der Waals surface area contributed by atoms with E-state index in [2.05, 4.69) is 38.0 Å². The Kier molecular flexibility index (Phi) is 3.73. The van der Waals surface area contributed by atoms with E-state index in [4.69, 9.17) is 0 Å². The van der Waals surface area contributed by atoms with E-state index in [-0.39, 0.29) is 0 Å². The minimum absolute atomic E-state index is 0.797. The second kappa shape index (κ2) is 4.36. The molecule has 66 valence electrons. The van der Waals surface area contributed by atoms with Gasteiger partial charge in [0.05, 0.1) is 0 Å². The van der Waals surface area contributed by atoms with Crippen molar-refractivity contribution >= 4 is 11.8 Å². The first-order chi connectivity index (χ1) is 5.22. The molecule has 1 N–H and O–H groups in total. The second-order valence-corrected chi connectivity index (χ2v) is 5.49. The molecular formula is C9H19NS. The van der Waals surface area contributed by atoms with Gasteiger partial charge >= 0.3 is 0 Å². The average Bonchev–Trinajstić information content (AvgIpc) is 2.34. The molecule has 2 atom stereocenters. The molecule has 0 bridgehead atoms. The number of hydrogen-bond acceptors (Lipinski definition) is 2. The van der Waals surface area contributed by atoms with Crippen molar-refractivity contribution in [3.63, 3.8) is 0 Å². The lowest BCUT2D eigenvalue weighted by Crippen LogP contribution is -2.21. The smallest absolute Gasteiger partial charge is 0.00750 e. The quantitative estimate of drug-likeness (QED) is 0.702. The number of hydrogen-bond donors (Lipinski definition) is 1. The first kappa shape index (κ1) is 9.40. The van der Waals surface area contributed by atoms with E-state index in [1.165, 1.54) is 19.3 Å². The Morgan fingerprint density at radius 3 is 2.55 bits per heavy atom. The zero-order valence-electron chi connectivity index (χ0n) is 7.76. The molecule has 2 heteroatoms. The maximum Gasteiger partial charge on any atom is 0.00750 e.